The molecule has 1 N–H and O–H groups in total. The van der Waals surface area contributed by atoms with E-state index in [1.54, 1.807) is 30.3 Å². The summed E-state index contributed by atoms with van der Waals surface area (Å²) in [5.41, 5.74) is 1.78. The maximum atomic E-state index is 4.42. The SMILES string of the molecule is CNc1nc(-c2ccc(C)nc2)nc(-n2cccn2)n1. The van der Waals surface area contributed by atoms with Crippen molar-refractivity contribution in [2.45, 2.75) is 6.92 Å². The fourth-order valence-electron chi connectivity index (χ4n) is 1.70. The molecule has 0 saturated heterocycles. The molecule has 0 unspecified atom stereocenters. The minimum atomic E-state index is 0.463. The van der Waals surface area contributed by atoms with Gasteiger partial charge in [-0.1, -0.05) is 0 Å². The highest BCUT2D eigenvalue weighted by Crippen LogP contribution is 2.16. The first kappa shape index (κ1) is 12.2. The van der Waals surface area contributed by atoms with Crippen molar-refractivity contribution in [1.29, 1.82) is 0 Å². The van der Waals surface area contributed by atoms with Crippen LogP contribution < -0.4 is 5.32 Å². The summed E-state index contributed by atoms with van der Waals surface area (Å²) >= 11 is 0. The smallest absolute Gasteiger partial charge is 0.255 e. The molecule has 0 aliphatic rings. The van der Waals surface area contributed by atoms with Crippen LogP contribution in [0.3, 0.4) is 0 Å². The number of aromatic nitrogens is 6. The van der Waals surface area contributed by atoms with E-state index in [1.807, 2.05) is 25.1 Å². The molecule has 0 saturated carbocycles. The van der Waals surface area contributed by atoms with Crippen LogP contribution in [0.4, 0.5) is 5.95 Å². The summed E-state index contributed by atoms with van der Waals surface area (Å²) in [6.07, 6.45) is 5.21. The molecule has 3 aromatic heterocycles. The van der Waals surface area contributed by atoms with E-state index in [0.717, 1.165) is 11.3 Å². The van der Waals surface area contributed by atoms with E-state index in [9.17, 15) is 0 Å². The van der Waals surface area contributed by atoms with Crippen molar-refractivity contribution in [2.24, 2.45) is 0 Å². The first-order chi connectivity index (χ1) is 9.76. The number of hydrogen-bond donors (Lipinski definition) is 1. The van der Waals surface area contributed by atoms with Crippen LogP contribution in [0.25, 0.3) is 17.3 Å². The quantitative estimate of drug-likeness (QED) is 0.774. The second-order valence-corrected chi connectivity index (χ2v) is 4.17. The van der Waals surface area contributed by atoms with E-state index in [4.69, 9.17) is 0 Å². The van der Waals surface area contributed by atoms with Crippen molar-refractivity contribution in [2.75, 3.05) is 12.4 Å². The lowest BCUT2D eigenvalue weighted by molar-refractivity contribution is 0.799. The van der Waals surface area contributed by atoms with Crippen LogP contribution in [0.2, 0.25) is 0 Å². The number of pyridine rings is 1. The van der Waals surface area contributed by atoms with Crippen LogP contribution in [-0.2, 0) is 0 Å². The van der Waals surface area contributed by atoms with Gasteiger partial charge >= 0.3 is 0 Å². The fourth-order valence-corrected chi connectivity index (χ4v) is 1.70. The van der Waals surface area contributed by atoms with Crippen molar-refractivity contribution in [1.82, 2.24) is 29.7 Å². The lowest BCUT2D eigenvalue weighted by Crippen LogP contribution is -2.08. The average molecular weight is 267 g/mol. The lowest BCUT2D eigenvalue weighted by Gasteiger charge is -2.06. The molecule has 0 fully saturated rings. The Morgan fingerprint density at radius 1 is 1.15 bits per heavy atom. The third-order valence-electron chi connectivity index (χ3n) is 2.73. The van der Waals surface area contributed by atoms with Crippen molar-refractivity contribution in [3.8, 4) is 17.3 Å². The predicted octanol–water partition coefficient (Wildman–Crippen LogP) is 1.47. The van der Waals surface area contributed by atoms with Gasteiger partial charge in [0.1, 0.15) is 0 Å². The predicted molar refractivity (Wildman–Crippen MR) is 74.5 cm³/mol. The Morgan fingerprint density at radius 3 is 2.70 bits per heavy atom. The van der Waals surface area contributed by atoms with Gasteiger partial charge in [0, 0.05) is 36.9 Å². The summed E-state index contributed by atoms with van der Waals surface area (Å²) in [5.74, 6) is 1.51. The third-order valence-corrected chi connectivity index (χ3v) is 2.73. The first-order valence-corrected chi connectivity index (χ1v) is 6.13. The molecule has 100 valence electrons. The molecule has 0 aliphatic heterocycles. The second kappa shape index (κ2) is 5.04. The Balaban J connectivity index is 2.11. The molecule has 7 nitrogen and oxygen atoms in total. The molecule has 20 heavy (non-hydrogen) atoms. The minimum absolute atomic E-state index is 0.463. The molecule has 0 bridgehead atoms. The fraction of sp³-hybridized carbons (Fsp3) is 0.154. The van der Waals surface area contributed by atoms with Crippen LogP contribution in [-0.4, -0.2) is 36.8 Å². The highest BCUT2D eigenvalue weighted by Gasteiger charge is 2.09. The Kier molecular flexibility index (Phi) is 3.08. The number of nitrogens with one attached hydrogen (secondary N) is 1. The Morgan fingerprint density at radius 2 is 2.05 bits per heavy atom. The van der Waals surface area contributed by atoms with Gasteiger partial charge in [-0.05, 0) is 25.1 Å². The van der Waals surface area contributed by atoms with Crippen molar-refractivity contribution >= 4 is 5.95 Å². The zero-order valence-electron chi connectivity index (χ0n) is 11.1. The number of nitrogens with zero attached hydrogens (tertiary/aromatic N) is 6. The molecular weight excluding hydrogens is 254 g/mol. The molecular formula is C13H13N7. The monoisotopic (exact) mass is 267 g/mol. The molecule has 3 aromatic rings. The summed E-state index contributed by atoms with van der Waals surface area (Å²) in [7, 11) is 1.76. The number of aryl methyl sites for hydroxylation is 1. The van der Waals surface area contributed by atoms with Crippen molar-refractivity contribution < 1.29 is 0 Å². The molecule has 0 radical (unpaired) electrons. The van der Waals surface area contributed by atoms with Crippen molar-refractivity contribution in [3.05, 3.63) is 42.5 Å². The van der Waals surface area contributed by atoms with Crippen molar-refractivity contribution in [3.63, 3.8) is 0 Å². The van der Waals surface area contributed by atoms with E-state index in [-0.39, 0.29) is 0 Å². The maximum Gasteiger partial charge on any atom is 0.255 e. The topological polar surface area (TPSA) is 81.4 Å². The highest BCUT2D eigenvalue weighted by molar-refractivity contribution is 5.55. The molecule has 0 spiro atoms. The van der Waals surface area contributed by atoms with Gasteiger partial charge in [0.2, 0.25) is 5.95 Å². The Labute approximate surface area is 115 Å². The highest BCUT2D eigenvalue weighted by atomic mass is 15.4. The number of anilines is 1. The largest absolute Gasteiger partial charge is 0.357 e. The molecule has 3 rings (SSSR count). The van der Waals surface area contributed by atoms with Crippen LogP contribution in [0.15, 0.2) is 36.8 Å². The van der Waals surface area contributed by atoms with E-state index in [2.05, 4.69) is 30.4 Å². The molecule has 0 atom stereocenters. The molecule has 7 heteroatoms. The van der Waals surface area contributed by atoms with E-state index in [0.29, 0.717) is 17.7 Å². The van der Waals surface area contributed by atoms with Crippen LogP contribution in [0, 0.1) is 6.92 Å². The molecule has 3 heterocycles. The third kappa shape index (κ3) is 2.33. The van der Waals surface area contributed by atoms with Crippen LogP contribution >= 0.6 is 0 Å². The Bertz CT molecular complexity index is 704. The van der Waals surface area contributed by atoms with Gasteiger partial charge in [-0.3, -0.25) is 4.98 Å². The maximum absolute atomic E-state index is 4.42. The summed E-state index contributed by atoms with van der Waals surface area (Å²) in [6, 6.07) is 5.67. The average Bonchev–Trinajstić information content (AvgIpc) is 3.02. The van der Waals surface area contributed by atoms with E-state index < -0.39 is 0 Å². The van der Waals surface area contributed by atoms with E-state index in [1.165, 1.54) is 0 Å². The number of hydrogen-bond acceptors (Lipinski definition) is 6. The van der Waals surface area contributed by atoms with E-state index >= 15 is 0 Å². The molecule has 0 amide bonds. The number of rotatable bonds is 3. The minimum Gasteiger partial charge on any atom is -0.357 e. The normalized spacial score (nSPS) is 10.5. The van der Waals surface area contributed by atoms with Crippen LogP contribution in [0.1, 0.15) is 5.69 Å². The summed E-state index contributed by atoms with van der Waals surface area (Å²) in [4.78, 5) is 17.3. The van der Waals surface area contributed by atoms with Gasteiger partial charge in [0.05, 0.1) is 0 Å². The summed E-state index contributed by atoms with van der Waals surface area (Å²) < 4.78 is 1.59. The zero-order valence-corrected chi connectivity index (χ0v) is 11.1. The molecule has 0 aromatic carbocycles. The van der Waals surface area contributed by atoms with Gasteiger partial charge in [-0.2, -0.15) is 20.1 Å². The second-order valence-electron chi connectivity index (χ2n) is 4.17. The lowest BCUT2D eigenvalue weighted by atomic mass is 10.2. The van der Waals surface area contributed by atoms with Gasteiger partial charge in [-0.15, -0.1) is 0 Å². The van der Waals surface area contributed by atoms with Crippen LogP contribution in [0.5, 0.6) is 0 Å². The molecule has 0 aliphatic carbocycles. The zero-order chi connectivity index (χ0) is 13.9. The first-order valence-electron chi connectivity index (χ1n) is 6.13. The standard InChI is InChI=1S/C13H13N7/c1-9-4-5-10(8-15-9)11-17-12(14-2)19-13(18-11)20-7-3-6-16-20/h3-8H,1-2H3,(H,14,17,18,19). The van der Waals surface area contributed by atoms with Gasteiger partial charge in [-0.25, -0.2) is 4.68 Å². The summed E-state index contributed by atoms with van der Waals surface area (Å²) in [5, 5.41) is 7.06. The Hall–Kier alpha value is -2.83. The van der Waals surface area contributed by atoms with Gasteiger partial charge < -0.3 is 5.32 Å². The van der Waals surface area contributed by atoms with Gasteiger partial charge in [0.15, 0.2) is 5.82 Å². The summed E-state index contributed by atoms with van der Waals surface area (Å²) in [6.45, 7) is 1.94. The van der Waals surface area contributed by atoms with Gasteiger partial charge in [0.25, 0.3) is 5.95 Å².